The van der Waals surface area contributed by atoms with Crippen LogP contribution in [-0.4, -0.2) is 15.0 Å². The van der Waals surface area contributed by atoms with Gasteiger partial charge in [0.15, 0.2) is 0 Å². The van der Waals surface area contributed by atoms with Gasteiger partial charge < -0.3 is 16.0 Å². The number of nitrogens with two attached hydrogens (primary N) is 1. The highest BCUT2D eigenvalue weighted by Gasteiger charge is 2.14. The molecule has 0 saturated carbocycles. The molecule has 5 aromatic rings. The van der Waals surface area contributed by atoms with Crippen LogP contribution in [0, 0.1) is 25.6 Å². The number of aromatic nitrogens is 3. The van der Waals surface area contributed by atoms with Gasteiger partial charge in [0.25, 0.3) is 0 Å². The lowest BCUT2D eigenvalue weighted by Crippen LogP contribution is -2.01. The first-order valence-electron chi connectivity index (χ1n) is 13.2. The van der Waals surface area contributed by atoms with Crippen LogP contribution < -0.4 is 11.1 Å². The number of nitrogens with one attached hydrogen (secondary N) is 2. The number of terminal acetylenes is 1. The van der Waals surface area contributed by atoms with Gasteiger partial charge >= 0.3 is 0 Å². The van der Waals surface area contributed by atoms with Crippen LogP contribution in [0.4, 0.5) is 15.9 Å². The van der Waals surface area contributed by atoms with Crippen LogP contribution in [0.25, 0.3) is 22.4 Å². The third-order valence-corrected chi connectivity index (χ3v) is 6.65. The van der Waals surface area contributed by atoms with Gasteiger partial charge in [-0.25, -0.2) is 9.37 Å². The van der Waals surface area contributed by atoms with Crippen molar-refractivity contribution in [2.75, 3.05) is 11.1 Å². The number of aromatic amines is 1. The Kier molecular flexibility index (Phi) is 9.49. The zero-order valence-corrected chi connectivity index (χ0v) is 23.4. The van der Waals surface area contributed by atoms with Crippen molar-refractivity contribution < 1.29 is 4.39 Å². The number of pyridine rings is 2. The second kappa shape index (κ2) is 13.6. The van der Waals surface area contributed by atoms with Crippen molar-refractivity contribution in [1.82, 2.24) is 15.0 Å². The number of aryl methyl sites for hydroxylation is 1. The third-order valence-electron chi connectivity index (χ3n) is 6.65. The van der Waals surface area contributed by atoms with E-state index in [1.165, 1.54) is 12.1 Å². The Morgan fingerprint density at radius 1 is 0.976 bits per heavy atom. The number of hydrogen-bond donors (Lipinski definition) is 3. The molecule has 6 heteroatoms. The Labute approximate surface area is 246 Å². The first kappa shape index (κ1) is 29.3. The summed E-state index contributed by atoms with van der Waals surface area (Å²) >= 11 is 0. The van der Waals surface area contributed by atoms with E-state index in [2.05, 4.69) is 52.3 Å². The SMILES string of the molecule is C#C.C=C/C=C(/c1cccc(F)c1)c1cc(Cc2cc(-c3cncc(NC(=C)c4ccccc4)c3)cnc2N)[nH]c1C. The smallest absolute Gasteiger partial charge is 0.126 e. The van der Waals surface area contributed by atoms with E-state index in [0.29, 0.717) is 12.2 Å². The largest absolute Gasteiger partial charge is 0.383 e. The summed E-state index contributed by atoms with van der Waals surface area (Å²) in [4.78, 5) is 12.4. The summed E-state index contributed by atoms with van der Waals surface area (Å²) in [6, 6.07) is 22.6. The average molecular weight is 554 g/mol. The van der Waals surface area contributed by atoms with E-state index in [4.69, 9.17) is 5.73 Å². The molecular formula is C36H32FN5. The van der Waals surface area contributed by atoms with E-state index in [1.807, 2.05) is 61.5 Å². The fourth-order valence-corrected chi connectivity index (χ4v) is 4.69. The predicted octanol–water partition coefficient (Wildman–Crippen LogP) is 8.04. The van der Waals surface area contributed by atoms with Crippen molar-refractivity contribution in [2.45, 2.75) is 13.3 Å². The van der Waals surface area contributed by atoms with Crippen LogP contribution >= 0.6 is 0 Å². The fraction of sp³-hybridized carbons (Fsp3) is 0.0556. The van der Waals surface area contributed by atoms with Gasteiger partial charge in [-0.15, -0.1) is 12.8 Å². The van der Waals surface area contributed by atoms with E-state index < -0.39 is 0 Å². The summed E-state index contributed by atoms with van der Waals surface area (Å²) < 4.78 is 14.0. The molecule has 42 heavy (non-hydrogen) atoms. The van der Waals surface area contributed by atoms with Crippen molar-refractivity contribution in [3.63, 3.8) is 0 Å². The van der Waals surface area contributed by atoms with Crippen molar-refractivity contribution in [3.05, 3.63) is 156 Å². The minimum absolute atomic E-state index is 0.283. The minimum atomic E-state index is -0.283. The summed E-state index contributed by atoms with van der Waals surface area (Å²) in [7, 11) is 0. The Morgan fingerprint density at radius 2 is 1.71 bits per heavy atom. The molecule has 2 aromatic carbocycles. The molecule has 0 amide bonds. The highest BCUT2D eigenvalue weighted by molar-refractivity contribution is 5.82. The maximum atomic E-state index is 14.0. The second-order valence-electron chi connectivity index (χ2n) is 9.54. The minimum Gasteiger partial charge on any atom is -0.383 e. The maximum absolute atomic E-state index is 14.0. The van der Waals surface area contributed by atoms with E-state index in [1.54, 1.807) is 30.7 Å². The van der Waals surface area contributed by atoms with E-state index in [-0.39, 0.29) is 5.82 Å². The summed E-state index contributed by atoms with van der Waals surface area (Å²) in [5.74, 6) is 0.180. The summed E-state index contributed by atoms with van der Waals surface area (Å²) in [6.07, 6.45) is 17.5. The fourth-order valence-electron chi connectivity index (χ4n) is 4.69. The molecule has 0 radical (unpaired) electrons. The van der Waals surface area contributed by atoms with Crippen LogP contribution in [-0.2, 0) is 6.42 Å². The second-order valence-corrected chi connectivity index (χ2v) is 9.54. The van der Waals surface area contributed by atoms with Crippen LogP contribution in [0.1, 0.15) is 33.6 Å². The number of rotatable bonds is 9. The normalized spacial score (nSPS) is 10.8. The Morgan fingerprint density at radius 3 is 2.45 bits per heavy atom. The van der Waals surface area contributed by atoms with Crippen molar-refractivity contribution >= 4 is 22.8 Å². The van der Waals surface area contributed by atoms with Crippen LogP contribution in [0.15, 0.2) is 117 Å². The molecule has 4 N–H and O–H groups in total. The average Bonchev–Trinajstić information content (AvgIpc) is 3.37. The van der Waals surface area contributed by atoms with Crippen molar-refractivity contribution in [3.8, 4) is 24.0 Å². The number of anilines is 2. The number of hydrogen-bond acceptors (Lipinski definition) is 4. The van der Waals surface area contributed by atoms with Gasteiger partial charge in [-0.3, -0.25) is 4.98 Å². The number of nitrogens with zero attached hydrogens (tertiary/aromatic N) is 2. The zero-order valence-electron chi connectivity index (χ0n) is 23.4. The molecule has 3 heterocycles. The quantitative estimate of drug-likeness (QED) is 0.127. The number of benzene rings is 2. The lowest BCUT2D eigenvalue weighted by atomic mass is 9.97. The summed E-state index contributed by atoms with van der Waals surface area (Å²) in [6.45, 7) is 10.00. The predicted molar refractivity (Wildman–Crippen MR) is 173 cm³/mol. The molecule has 0 spiro atoms. The molecule has 0 aliphatic carbocycles. The molecule has 0 aliphatic rings. The molecule has 208 valence electrons. The van der Waals surface area contributed by atoms with Gasteiger partial charge in [-0.2, -0.15) is 0 Å². The molecule has 0 bridgehead atoms. The van der Waals surface area contributed by atoms with E-state index in [9.17, 15) is 4.39 Å². The van der Waals surface area contributed by atoms with Gasteiger partial charge in [-0.05, 0) is 54.0 Å². The monoisotopic (exact) mass is 553 g/mol. The lowest BCUT2D eigenvalue weighted by molar-refractivity contribution is 0.627. The van der Waals surface area contributed by atoms with Crippen molar-refractivity contribution in [1.29, 1.82) is 0 Å². The van der Waals surface area contributed by atoms with Gasteiger partial charge in [0.1, 0.15) is 11.6 Å². The van der Waals surface area contributed by atoms with Crippen LogP contribution in [0.3, 0.4) is 0 Å². The Bertz CT molecular complexity index is 1760. The number of halogens is 1. The molecule has 3 aromatic heterocycles. The molecule has 5 nitrogen and oxygen atoms in total. The van der Waals surface area contributed by atoms with Crippen molar-refractivity contribution in [2.24, 2.45) is 0 Å². The third kappa shape index (κ3) is 6.90. The van der Waals surface area contributed by atoms with Gasteiger partial charge in [0.05, 0.1) is 11.9 Å². The van der Waals surface area contributed by atoms with E-state index in [0.717, 1.165) is 61.7 Å². The molecule has 0 unspecified atom stereocenters. The molecule has 0 aliphatic heterocycles. The highest BCUT2D eigenvalue weighted by atomic mass is 19.1. The number of nitrogen functional groups attached to an aromatic ring is 1. The van der Waals surface area contributed by atoms with E-state index >= 15 is 0 Å². The number of H-pyrrole nitrogens is 1. The zero-order chi connectivity index (χ0) is 30.1. The lowest BCUT2D eigenvalue weighted by Gasteiger charge is -2.12. The topological polar surface area (TPSA) is 79.6 Å². The standard InChI is InChI=1S/C34H30FN5.C2H2/c1-4-9-32(25-12-8-13-29(35)15-25)33-18-30(40-23(33)3)16-26-14-27(20-38-34(26)36)28-17-31(21-37-19-28)39-22(2)24-10-6-5-7-11-24;1-2/h4-15,17-21,39-40H,1-2,16H2,3H3,(H2,36,38);1-2H/b32-9-;. The highest BCUT2D eigenvalue weighted by Crippen LogP contribution is 2.30. The summed E-state index contributed by atoms with van der Waals surface area (Å²) in [5.41, 5.74) is 16.2. The van der Waals surface area contributed by atoms with Gasteiger partial charge in [0.2, 0.25) is 0 Å². The molecule has 0 atom stereocenters. The van der Waals surface area contributed by atoms with Crippen LogP contribution in [0.5, 0.6) is 0 Å². The van der Waals surface area contributed by atoms with Crippen LogP contribution in [0.2, 0.25) is 0 Å². The van der Waals surface area contributed by atoms with Gasteiger partial charge in [0, 0.05) is 58.2 Å². The maximum Gasteiger partial charge on any atom is 0.126 e. The first-order chi connectivity index (χ1) is 20.4. The molecule has 0 saturated heterocycles. The molecule has 0 fully saturated rings. The summed E-state index contributed by atoms with van der Waals surface area (Å²) in [5, 5.41) is 3.34. The Hall–Kier alpha value is -5.67. The Balaban J connectivity index is 0.00000198. The number of allylic oxidation sites excluding steroid dienone is 2. The molecule has 5 rings (SSSR count). The van der Waals surface area contributed by atoms with Gasteiger partial charge in [-0.1, -0.05) is 67.8 Å². The molecular weight excluding hydrogens is 521 g/mol. The first-order valence-corrected chi connectivity index (χ1v) is 13.2.